The van der Waals surface area contributed by atoms with E-state index in [0.717, 1.165) is 0 Å². The third-order valence-corrected chi connectivity index (χ3v) is 1.78. The third kappa shape index (κ3) is 2.46. The lowest BCUT2D eigenvalue weighted by atomic mass is 10.1. The average molecular weight is 209 g/mol. The van der Waals surface area contributed by atoms with Crippen molar-refractivity contribution in [1.29, 1.82) is 0 Å². The van der Waals surface area contributed by atoms with Gasteiger partial charge in [-0.1, -0.05) is 0 Å². The quantitative estimate of drug-likeness (QED) is 0.716. The molecule has 0 aliphatic carbocycles. The molecule has 0 heterocycles. The van der Waals surface area contributed by atoms with Crippen LogP contribution in [-0.2, 0) is 4.74 Å². The molecule has 0 atom stereocenters. The van der Waals surface area contributed by atoms with Crippen molar-refractivity contribution in [2.24, 2.45) is 5.73 Å². The smallest absolute Gasteiger partial charge is 0.341 e. The summed E-state index contributed by atoms with van der Waals surface area (Å²) in [6.45, 7) is 1.84. The van der Waals surface area contributed by atoms with Crippen LogP contribution in [0.1, 0.15) is 27.6 Å². The minimum absolute atomic E-state index is 0.0619. The number of hydrogen-bond acceptors (Lipinski definition) is 4. The molecule has 0 saturated carbocycles. The number of ether oxygens (including phenoxy) is 1. The van der Waals surface area contributed by atoms with E-state index in [1.165, 1.54) is 18.2 Å². The van der Waals surface area contributed by atoms with E-state index in [1.54, 1.807) is 6.92 Å². The van der Waals surface area contributed by atoms with Gasteiger partial charge in [0.15, 0.2) is 0 Å². The van der Waals surface area contributed by atoms with Gasteiger partial charge in [0, 0.05) is 5.56 Å². The standard InChI is InChI=1S/C10H11NO4/c1-2-15-10(14)7-5-6(9(11)13)3-4-8(7)12/h3-5,12H,2H2,1H3,(H2,11,13). The molecule has 3 N–H and O–H groups in total. The van der Waals surface area contributed by atoms with Crippen LogP contribution in [0.5, 0.6) is 5.75 Å². The van der Waals surface area contributed by atoms with Gasteiger partial charge in [-0.2, -0.15) is 0 Å². The van der Waals surface area contributed by atoms with Crippen LogP contribution in [0.25, 0.3) is 0 Å². The summed E-state index contributed by atoms with van der Waals surface area (Å²) in [6.07, 6.45) is 0. The molecule has 0 fully saturated rings. The topological polar surface area (TPSA) is 89.6 Å². The molecule has 15 heavy (non-hydrogen) atoms. The molecule has 0 radical (unpaired) electrons. The van der Waals surface area contributed by atoms with Crippen molar-refractivity contribution in [1.82, 2.24) is 0 Å². The van der Waals surface area contributed by atoms with E-state index >= 15 is 0 Å². The molecule has 1 amide bonds. The van der Waals surface area contributed by atoms with Crippen LogP contribution in [0, 0.1) is 0 Å². The van der Waals surface area contributed by atoms with Gasteiger partial charge in [0.1, 0.15) is 11.3 Å². The molecule has 0 bridgehead atoms. The summed E-state index contributed by atoms with van der Waals surface area (Å²) in [4.78, 5) is 22.1. The molecule has 0 aromatic heterocycles. The van der Waals surface area contributed by atoms with Crippen LogP contribution in [0.2, 0.25) is 0 Å². The van der Waals surface area contributed by atoms with Crippen molar-refractivity contribution in [2.75, 3.05) is 6.61 Å². The Kier molecular flexibility index (Phi) is 3.28. The lowest BCUT2D eigenvalue weighted by molar-refractivity contribution is 0.0523. The Labute approximate surface area is 86.5 Å². The number of hydrogen-bond donors (Lipinski definition) is 2. The first kappa shape index (κ1) is 11.0. The maximum absolute atomic E-state index is 11.3. The predicted molar refractivity (Wildman–Crippen MR) is 52.6 cm³/mol. The lowest BCUT2D eigenvalue weighted by Crippen LogP contribution is -2.13. The van der Waals surface area contributed by atoms with Crippen molar-refractivity contribution in [3.05, 3.63) is 29.3 Å². The summed E-state index contributed by atoms with van der Waals surface area (Å²) < 4.78 is 4.69. The van der Waals surface area contributed by atoms with Crippen LogP contribution in [-0.4, -0.2) is 23.6 Å². The van der Waals surface area contributed by atoms with Crippen molar-refractivity contribution in [2.45, 2.75) is 6.92 Å². The van der Waals surface area contributed by atoms with E-state index in [1.807, 2.05) is 0 Å². The SMILES string of the molecule is CCOC(=O)c1cc(C(N)=O)ccc1O. The fourth-order valence-electron chi connectivity index (χ4n) is 1.06. The number of primary amides is 1. The molecule has 0 saturated heterocycles. The number of nitrogens with two attached hydrogens (primary N) is 1. The summed E-state index contributed by atoms with van der Waals surface area (Å²) in [7, 11) is 0. The molecule has 0 unspecified atom stereocenters. The van der Waals surface area contributed by atoms with E-state index in [9.17, 15) is 14.7 Å². The number of esters is 1. The Balaban J connectivity index is 3.10. The van der Waals surface area contributed by atoms with Gasteiger partial charge >= 0.3 is 5.97 Å². The number of phenolic OH excluding ortho intramolecular Hbond substituents is 1. The minimum Gasteiger partial charge on any atom is -0.507 e. The second-order valence-corrected chi connectivity index (χ2v) is 2.82. The van der Waals surface area contributed by atoms with Gasteiger partial charge in [-0.25, -0.2) is 4.79 Å². The largest absolute Gasteiger partial charge is 0.507 e. The summed E-state index contributed by atoms with van der Waals surface area (Å²) >= 11 is 0. The van der Waals surface area contributed by atoms with Crippen molar-refractivity contribution in [3.8, 4) is 5.75 Å². The van der Waals surface area contributed by atoms with Gasteiger partial charge in [0.05, 0.1) is 6.61 Å². The first-order valence-electron chi connectivity index (χ1n) is 4.36. The number of carbonyl (C=O) groups is 2. The summed E-state index contributed by atoms with van der Waals surface area (Å²) in [6, 6.07) is 3.77. The first-order valence-corrected chi connectivity index (χ1v) is 4.36. The summed E-state index contributed by atoms with van der Waals surface area (Å²) in [5.74, 6) is -1.59. The van der Waals surface area contributed by atoms with E-state index in [2.05, 4.69) is 0 Å². The highest BCUT2D eigenvalue weighted by atomic mass is 16.5. The Hall–Kier alpha value is -2.04. The maximum Gasteiger partial charge on any atom is 0.341 e. The molecule has 0 aliphatic heterocycles. The van der Waals surface area contributed by atoms with Crippen LogP contribution in [0.4, 0.5) is 0 Å². The number of benzene rings is 1. The summed E-state index contributed by atoms with van der Waals surface area (Å²) in [5.41, 5.74) is 5.12. The molecule has 1 aromatic carbocycles. The molecule has 80 valence electrons. The number of rotatable bonds is 3. The van der Waals surface area contributed by atoms with Gasteiger partial charge < -0.3 is 15.6 Å². The lowest BCUT2D eigenvalue weighted by Gasteiger charge is -2.05. The zero-order chi connectivity index (χ0) is 11.4. The average Bonchev–Trinajstić information content (AvgIpc) is 2.18. The highest BCUT2D eigenvalue weighted by molar-refractivity contribution is 5.98. The molecule has 0 spiro atoms. The van der Waals surface area contributed by atoms with E-state index in [4.69, 9.17) is 10.5 Å². The first-order chi connectivity index (χ1) is 7.06. The van der Waals surface area contributed by atoms with Crippen LogP contribution in [0.15, 0.2) is 18.2 Å². The maximum atomic E-state index is 11.3. The van der Waals surface area contributed by atoms with Gasteiger partial charge in [0.25, 0.3) is 0 Å². The number of amides is 1. The fraction of sp³-hybridized carbons (Fsp3) is 0.200. The predicted octanol–water partition coefficient (Wildman–Crippen LogP) is 0.668. The number of phenols is 1. The van der Waals surface area contributed by atoms with Gasteiger partial charge in [0.2, 0.25) is 5.91 Å². The monoisotopic (exact) mass is 209 g/mol. The molecule has 0 aliphatic rings. The molecular weight excluding hydrogens is 198 g/mol. The highest BCUT2D eigenvalue weighted by Gasteiger charge is 2.14. The zero-order valence-electron chi connectivity index (χ0n) is 8.19. The Morgan fingerprint density at radius 3 is 2.67 bits per heavy atom. The molecule has 5 nitrogen and oxygen atoms in total. The van der Waals surface area contributed by atoms with Crippen LogP contribution in [0.3, 0.4) is 0 Å². The van der Waals surface area contributed by atoms with Crippen molar-refractivity contribution in [3.63, 3.8) is 0 Å². The molecular formula is C10H11NO4. The second-order valence-electron chi connectivity index (χ2n) is 2.82. The van der Waals surface area contributed by atoms with Crippen molar-refractivity contribution < 1.29 is 19.4 Å². The Morgan fingerprint density at radius 2 is 2.13 bits per heavy atom. The van der Waals surface area contributed by atoms with Crippen molar-refractivity contribution >= 4 is 11.9 Å². The third-order valence-electron chi connectivity index (χ3n) is 1.78. The second kappa shape index (κ2) is 4.45. The minimum atomic E-state index is -0.682. The van der Waals surface area contributed by atoms with E-state index in [-0.39, 0.29) is 23.5 Å². The molecule has 5 heteroatoms. The van der Waals surface area contributed by atoms with E-state index < -0.39 is 11.9 Å². The van der Waals surface area contributed by atoms with E-state index in [0.29, 0.717) is 0 Å². The molecule has 1 rings (SSSR count). The normalized spacial score (nSPS) is 9.67. The number of carbonyl (C=O) groups excluding carboxylic acids is 2. The fourth-order valence-corrected chi connectivity index (χ4v) is 1.06. The Bertz CT molecular complexity index is 400. The Morgan fingerprint density at radius 1 is 1.47 bits per heavy atom. The zero-order valence-corrected chi connectivity index (χ0v) is 8.19. The van der Waals surface area contributed by atoms with Gasteiger partial charge in [-0.3, -0.25) is 4.79 Å². The van der Waals surface area contributed by atoms with Gasteiger partial charge in [-0.05, 0) is 25.1 Å². The summed E-state index contributed by atoms with van der Waals surface area (Å²) in [5, 5.41) is 9.36. The highest BCUT2D eigenvalue weighted by Crippen LogP contribution is 2.19. The number of aromatic hydroxyl groups is 1. The van der Waals surface area contributed by atoms with Crippen LogP contribution >= 0.6 is 0 Å². The van der Waals surface area contributed by atoms with Gasteiger partial charge in [-0.15, -0.1) is 0 Å². The molecule has 1 aromatic rings. The van der Waals surface area contributed by atoms with Crippen LogP contribution < -0.4 is 5.73 Å².